The molecule has 1 aliphatic rings. The topological polar surface area (TPSA) is 131 Å². The van der Waals surface area contributed by atoms with Gasteiger partial charge in [-0.3, -0.25) is 4.79 Å². The molecule has 0 aromatic heterocycles. The van der Waals surface area contributed by atoms with Gasteiger partial charge >= 0.3 is 0 Å². The molecule has 0 bridgehead atoms. The predicted molar refractivity (Wildman–Crippen MR) is 132 cm³/mol. The number of morpholine rings is 1. The molecule has 1 heterocycles. The number of anilines is 1. The summed E-state index contributed by atoms with van der Waals surface area (Å²) < 4.78 is 66.2. The summed E-state index contributed by atoms with van der Waals surface area (Å²) in [5, 5.41) is 2.86. The minimum absolute atomic E-state index is 0.0770. The van der Waals surface area contributed by atoms with E-state index in [0.717, 1.165) is 0 Å². The van der Waals surface area contributed by atoms with Crippen LogP contribution in [-0.2, 0) is 29.6 Å². The third-order valence-electron chi connectivity index (χ3n) is 5.36. The standard InChI is InChI=1S/C22H28ClN3O7S2/c1-15(2)21(25-34(28,29)18-6-4-5-16(23)13-18)22(27)24-17-7-8-19(32-3)20(14-17)35(30,31)26-9-11-33-12-10-26/h4-8,13-15,21,25H,9-12H2,1-3H3,(H,24,27)/t21-/m0/s1. The highest BCUT2D eigenvalue weighted by Crippen LogP contribution is 2.30. The van der Waals surface area contributed by atoms with E-state index in [2.05, 4.69) is 10.0 Å². The van der Waals surface area contributed by atoms with Gasteiger partial charge in [-0.25, -0.2) is 16.8 Å². The van der Waals surface area contributed by atoms with Gasteiger partial charge in [0.25, 0.3) is 0 Å². The lowest BCUT2D eigenvalue weighted by Crippen LogP contribution is -2.47. The first kappa shape index (κ1) is 27.4. The number of hydrogen-bond acceptors (Lipinski definition) is 7. The van der Waals surface area contributed by atoms with Gasteiger partial charge in [0.2, 0.25) is 26.0 Å². The molecule has 2 N–H and O–H groups in total. The SMILES string of the molecule is COc1ccc(NC(=O)[C@@H](NS(=O)(=O)c2cccc(Cl)c2)C(C)C)cc1S(=O)(=O)N1CCOCC1. The van der Waals surface area contributed by atoms with Gasteiger partial charge in [-0.1, -0.05) is 31.5 Å². The van der Waals surface area contributed by atoms with Gasteiger partial charge in [-0.2, -0.15) is 9.03 Å². The van der Waals surface area contributed by atoms with E-state index in [1.807, 2.05) is 0 Å². The molecule has 0 aliphatic carbocycles. The summed E-state index contributed by atoms with van der Waals surface area (Å²) in [6, 6.07) is 8.77. The average molecular weight is 546 g/mol. The Balaban J connectivity index is 1.86. The molecule has 2 aromatic rings. The fraction of sp³-hybridized carbons (Fsp3) is 0.409. The molecule has 10 nitrogen and oxygen atoms in total. The zero-order valence-electron chi connectivity index (χ0n) is 19.5. The lowest BCUT2D eigenvalue weighted by Gasteiger charge is -2.27. The lowest BCUT2D eigenvalue weighted by molar-refractivity contribution is -0.118. The van der Waals surface area contributed by atoms with Crippen molar-refractivity contribution in [1.82, 2.24) is 9.03 Å². The van der Waals surface area contributed by atoms with E-state index >= 15 is 0 Å². The lowest BCUT2D eigenvalue weighted by atomic mass is 10.0. The number of methoxy groups -OCH3 is 1. The van der Waals surface area contributed by atoms with Crippen LogP contribution in [0.4, 0.5) is 5.69 Å². The van der Waals surface area contributed by atoms with Crippen molar-refractivity contribution in [3.05, 3.63) is 47.5 Å². The van der Waals surface area contributed by atoms with Crippen LogP contribution in [0.25, 0.3) is 0 Å². The minimum atomic E-state index is -4.05. The molecule has 1 amide bonds. The Morgan fingerprint density at radius 1 is 1.09 bits per heavy atom. The second-order valence-corrected chi connectivity index (χ2v) is 12.2. The summed E-state index contributed by atoms with van der Waals surface area (Å²) >= 11 is 5.91. The maximum Gasteiger partial charge on any atom is 0.246 e. The fourth-order valence-electron chi connectivity index (χ4n) is 3.46. The van der Waals surface area contributed by atoms with E-state index in [4.69, 9.17) is 21.1 Å². The third kappa shape index (κ3) is 6.51. The minimum Gasteiger partial charge on any atom is -0.495 e. The number of carbonyl (C=O) groups is 1. The number of halogens is 1. The van der Waals surface area contributed by atoms with Gasteiger partial charge in [0, 0.05) is 23.8 Å². The molecule has 192 valence electrons. The van der Waals surface area contributed by atoms with Gasteiger partial charge < -0.3 is 14.8 Å². The highest BCUT2D eigenvalue weighted by Gasteiger charge is 2.31. The number of amides is 1. The first-order chi connectivity index (χ1) is 16.5. The van der Waals surface area contributed by atoms with Crippen molar-refractivity contribution in [1.29, 1.82) is 0 Å². The van der Waals surface area contributed by atoms with Crippen LogP contribution >= 0.6 is 11.6 Å². The molecule has 1 atom stereocenters. The number of nitrogens with zero attached hydrogens (tertiary/aromatic N) is 1. The maximum absolute atomic E-state index is 13.2. The van der Waals surface area contributed by atoms with E-state index < -0.39 is 37.9 Å². The number of hydrogen-bond donors (Lipinski definition) is 2. The Morgan fingerprint density at radius 2 is 1.77 bits per heavy atom. The zero-order valence-corrected chi connectivity index (χ0v) is 21.9. The van der Waals surface area contributed by atoms with Crippen molar-refractivity contribution >= 4 is 43.2 Å². The van der Waals surface area contributed by atoms with Crippen LogP contribution in [0.3, 0.4) is 0 Å². The summed E-state index contributed by atoms with van der Waals surface area (Å²) in [6.45, 7) is 4.33. The molecule has 35 heavy (non-hydrogen) atoms. The van der Waals surface area contributed by atoms with Crippen LogP contribution < -0.4 is 14.8 Å². The number of sulfonamides is 2. The van der Waals surface area contributed by atoms with Crippen LogP contribution in [0.15, 0.2) is 52.3 Å². The summed E-state index contributed by atoms with van der Waals surface area (Å²) in [5.74, 6) is -0.944. The molecule has 3 rings (SSSR count). The molecule has 13 heteroatoms. The number of nitrogens with one attached hydrogen (secondary N) is 2. The van der Waals surface area contributed by atoms with E-state index in [1.54, 1.807) is 19.9 Å². The Kier molecular flexibility index (Phi) is 8.78. The van der Waals surface area contributed by atoms with Crippen molar-refractivity contribution in [3.8, 4) is 5.75 Å². The van der Waals surface area contributed by atoms with Crippen molar-refractivity contribution < 1.29 is 31.1 Å². The number of ether oxygens (including phenoxy) is 2. The third-order valence-corrected chi connectivity index (χ3v) is 8.95. The second-order valence-electron chi connectivity index (χ2n) is 8.17. The molecular weight excluding hydrogens is 518 g/mol. The molecule has 2 aromatic carbocycles. The van der Waals surface area contributed by atoms with Gasteiger partial charge in [0.15, 0.2) is 0 Å². The highest BCUT2D eigenvalue weighted by molar-refractivity contribution is 7.89. The summed E-state index contributed by atoms with van der Waals surface area (Å²) in [7, 11) is -6.61. The van der Waals surface area contributed by atoms with Gasteiger partial charge in [-0.05, 0) is 42.3 Å². The Hall–Kier alpha value is -2.22. The van der Waals surface area contributed by atoms with Gasteiger partial charge in [0.05, 0.1) is 25.2 Å². The summed E-state index contributed by atoms with van der Waals surface area (Å²) in [6.07, 6.45) is 0. The van der Waals surface area contributed by atoms with E-state index in [9.17, 15) is 21.6 Å². The molecule has 1 saturated heterocycles. The molecule has 0 radical (unpaired) electrons. The monoisotopic (exact) mass is 545 g/mol. The number of carbonyl (C=O) groups excluding carboxylic acids is 1. The highest BCUT2D eigenvalue weighted by atomic mass is 35.5. The molecule has 0 unspecified atom stereocenters. The van der Waals surface area contributed by atoms with Crippen molar-refractivity contribution in [2.75, 3.05) is 38.7 Å². The van der Waals surface area contributed by atoms with Crippen LogP contribution in [0.1, 0.15) is 13.8 Å². The maximum atomic E-state index is 13.2. The van der Waals surface area contributed by atoms with Crippen LogP contribution in [0.2, 0.25) is 5.02 Å². The second kappa shape index (κ2) is 11.2. The fourth-order valence-corrected chi connectivity index (χ4v) is 6.70. The van der Waals surface area contributed by atoms with Crippen LogP contribution in [0, 0.1) is 5.92 Å². The van der Waals surface area contributed by atoms with Crippen LogP contribution in [0.5, 0.6) is 5.75 Å². The molecule has 0 spiro atoms. The van der Waals surface area contributed by atoms with Crippen molar-refractivity contribution in [2.45, 2.75) is 29.7 Å². The average Bonchev–Trinajstić information content (AvgIpc) is 2.83. The van der Waals surface area contributed by atoms with E-state index in [-0.39, 0.29) is 52.6 Å². The molecule has 1 fully saturated rings. The quantitative estimate of drug-likeness (QED) is 0.494. The van der Waals surface area contributed by atoms with E-state index in [1.165, 1.54) is 47.8 Å². The first-order valence-corrected chi connectivity index (χ1v) is 14.1. The van der Waals surface area contributed by atoms with Crippen molar-refractivity contribution in [2.24, 2.45) is 5.92 Å². The number of benzene rings is 2. The Morgan fingerprint density at radius 3 is 2.37 bits per heavy atom. The zero-order chi connectivity index (χ0) is 25.8. The Labute approximate surface area is 210 Å². The smallest absolute Gasteiger partial charge is 0.246 e. The predicted octanol–water partition coefficient (Wildman–Crippen LogP) is 2.31. The summed E-state index contributed by atoms with van der Waals surface area (Å²) in [5.41, 5.74) is 0.176. The van der Waals surface area contributed by atoms with Crippen LogP contribution in [-0.4, -0.2) is 66.5 Å². The van der Waals surface area contributed by atoms with Gasteiger partial charge in [0.1, 0.15) is 16.7 Å². The first-order valence-electron chi connectivity index (χ1n) is 10.8. The molecular formula is C22H28ClN3O7S2. The van der Waals surface area contributed by atoms with Crippen molar-refractivity contribution in [3.63, 3.8) is 0 Å². The van der Waals surface area contributed by atoms with E-state index in [0.29, 0.717) is 0 Å². The largest absolute Gasteiger partial charge is 0.495 e. The number of rotatable bonds is 9. The molecule has 0 saturated carbocycles. The molecule has 1 aliphatic heterocycles. The Bertz CT molecular complexity index is 1280. The normalized spacial score (nSPS) is 16.1. The summed E-state index contributed by atoms with van der Waals surface area (Å²) in [4.78, 5) is 12.9. The van der Waals surface area contributed by atoms with Gasteiger partial charge in [-0.15, -0.1) is 0 Å².